The predicted octanol–water partition coefficient (Wildman–Crippen LogP) is 0.974. The maximum Gasteiger partial charge on any atom is 0.242 e. The first-order valence-electron chi connectivity index (χ1n) is 7.13. The number of amides is 1. The molecule has 0 radical (unpaired) electrons. The van der Waals surface area contributed by atoms with Crippen LogP contribution in [0.25, 0.3) is 0 Å². The number of hydrogen-bond acceptors (Lipinski definition) is 4. The second-order valence-electron chi connectivity index (χ2n) is 4.76. The van der Waals surface area contributed by atoms with Crippen LogP contribution in [-0.4, -0.2) is 42.9 Å². The molecule has 0 aromatic heterocycles. The fraction of sp³-hybridized carbons (Fsp3) is 0.467. The molecule has 108 valence electrons. The summed E-state index contributed by atoms with van der Waals surface area (Å²) in [6.45, 7) is 5.38. The number of hydrogen-bond donors (Lipinski definition) is 2. The summed E-state index contributed by atoms with van der Waals surface area (Å²) in [7, 11) is 0. The van der Waals surface area contributed by atoms with Gasteiger partial charge >= 0.3 is 0 Å². The van der Waals surface area contributed by atoms with Gasteiger partial charge in [0, 0.05) is 26.2 Å². The standard InChI is InChI=1S/C15H22N4O/c1-2-19(12-13-7-4-3-5-8-13)14(20)11-18-15-16-9-6-10-17-15/h3-5,7-8H,2,6,9-12H2,1H3,(H2,16,17,18). The highest BCUT2D eigenvalue weighted by Gasteiger charge is 2.13. The number of rotatable bonds is 5. The van der Waals surface area contributed by atoms with Gasteiger partial charge in [-0.2, -0.15) is 0 Å². The third-order valence-electron chi connectivity index (χ3n) is 3.25. The van der Waals surface area contributed by atoms with E-state index in [-0.39, 0.29) is 12.5 Å². The third kappa shape index (κ3) is 4.26. The monoisotopic (exact) mass is 274 g/mol. The average Bonchev–Trinajstić information content (AvgIpc) is 2.52. The topological polar surface area (TPSA) is 56.7 Å². The van der Waals surface area contributed by atoms with Gasteiger partial charge in [0.2, 0.25) is 5.91 Å². The second-order valence-corrected chi connectivity index (χ2v) is 4.76. The predicted molar refractivity (Wildman–Crippen MR) is 80.5 cm³/mol. The maximum atomic E-state index is 12.2. The van der Waals surface area contributed by atoms with Crippen molar-refractivity contribution >= 4 is 11.9 Å². The number of nitrogens with zero attached hydrogens (tertiary/aromatic N) is 2. The van der Waals surface area contributed by atoms with E-state index >= 15 is 0 Å². The van der Waals surface area contributed by atoms with Crippen LogP contribution < -0.4 is 10.6 Å². The number of carbonyl (C=O) groups is 1. The summed E-state index contributed by atoms with van der Waals surface area (Å²) in [4.78, 5) is 18.3. The van der Waals surface area contributed by atoms with Crippen molar-refractivity contribution in [2.75, 3.05) is 26.2 Å². The Morgan fingerprint density at radius 1 is 1.40 bits per heavy atom. The van der Waals surface area contributed by atoms with Gasteiger partial charge in [0.05, 0.1) is 6.54 Å². The minimum Gasteiger partial charge on any atom is -0.356 e. The third-order valence-corrected chi connectivity index (χ3v) is 3.25. The highest BCUT2D eigenvalue weighted by molar-refractivity contribution is 5.86. The molecule has 0 unspecified atom stereocenters. The Hall–Kier alpha value is -2.04. The minimum absolute atomic E-state index is 0.0893. The molecule has 1 aliphatic heterocycles. The highest BCUT2D eigenvalue weighted by Crippen LogP contribution is 2.04. The van der Waals surface area contributed by atoms with Gasteiger partial charge in [-0.15, -0.1) is 0 Å². The van der Waals surface area contributed by atoms with Crippen LogP contribution in [-0.2, 0) is 11.3 Å². The van der Waals surface area contributed by atoms with Gasteiger partial charge in [-0.3, -0.25) is 9.79 Å². The fourth-order valence-corrected chi connectivity index (χ4v) is 2.10. The van der Waals surface area contributed by atoms with E-state index in [1.165, 1.54) is 0 Å². The smallest absolute Gasteiger partial charge is 0.242 e. The molecule has 5 nitrogen and oxygen atoms in total. The SMILES string of the molecule is CCN(Cc1ccccc1)C(=O)CNC1=NCCCN1. The molecule has 5 heteroatoms. The first-order valence-corrected chi connectivity index (χ1v) is 7.13. The molecule has 2 rings (SSSR count). The summed E-state index contributed by atoms with van der Waals surface area (Å²) in [6, 6.07) is 10.0. The van der Waals surface area contributed by atoms with E-state index in [1.54, 1.807) is 0 Å². The minimum atomic E-state index is 0.0893. The van der Waals surface area contributed by atoms with E-state index in [0.717, 1.165) is 31.0 Å². The van der Waals surface area contributed by atoms with Crippen molar-refractivity contribution in [2.45, 2.75) is 19.9 Å². The molecule has 0 bridgehead atoms. The first kappa shape index (κ1) is 14.4. The van der Waals surface area contributed by atoms with Gasteiger partial charge in [0.1, 0.15) is 0 Å². The van der Waals surface area contributed by atoms with Gasteiger partial charge in [-0.05, 0) is 18.9 Å². The number of aliphatic imine (C=N–C) groups is 1. The lowest BCUT2D eigenvalue weighted by atomic mass is 10.2. The summed E-state index contributed by atoms with van der Waals surface area (Å²) in [5.41, 5.74) is 1.15. The average molecular weight is 274 g/mol. The van der Waals surface area contributed by atoms with Crippen LogP contribution in [0.1, 0.15) is 18.9 Å². The zero-order valence-electron chi connectivity index (χ0n) is 11.9. The van der Waals surface area contributed by atoms with Gasteiger partial charge in [-0.1, -0.05) is 30.3 Å². The van der Waals surface area contributed by atoms with E-state index in [1.807, 2.05) is 42.2 Å². The number of guanidine groups is 1. The molecular formula is C15H22N4O. The van der Waals surface area contributed by atoms with Crippen molar-refractivity contribution in [1.29, 1.82) is 0 Å². The Morgan fingerprint density at radius 3 is 2.85 bits per heavy atom. The lowest BCUT2D eigenvalue weighted by Gasteiger charge is -2.22. The second kappa shape index (κ2) is 7.53. The van der Waals surface area contributed by atoms with E-state index in [4.69, 9.17) is 0 Å². The number of benzene rings is 1. The molecule has 20 heavy (non-hydrogen) atoms. The highest BCUT2D eigenvalue weighted by atomic mass is 16.2. The first-order chi connectivity index (χ1) is 9.79. The summed E-state index contributed by atoms with van der Waals surface area (Å²) < 4.78 is 0. The summed E-state index contributed by atoms with van der Waals surface area (Å²) in [6.07, 6.45) is 1.05. The number of carbonyl (C=O) groups excluding carboxylic acids is 1. The molecule has 0 saturated heterocycles. The van der Waals surface area contributed by atoms with Crippen molar-refractivity contribution in [3.63, 3.8) is 0 Å². The van der Waals surface area contributed by atoms with Crippen molar-refractivity contribution in [3.8, 4) is 0 Å². The van der Waals surface area contributed by atoms with Crippen molar-refractivity contribution < 1.29 is 4.79 Å². The van der Waals surface area contributed by atoms with Crippen LogP contribution in [0.2, 0.25) is 0 Å². The lowest BCUT2D eigenvalue weighted by Crippen LogP contribution is -2.46. The van der Waals surface area contributed by atoms with E-state index < -0.39 is 0 Å². The Morgan fingerprint density at radius 2 is 2.20 bits per heavy atom. The molecule has 2 N–H and O–H groups in total. The Kier molecular flexibility index (Phi) is 5.41. The molecular weight excluding hydrogens is 252 g/mol. The molecule has 0 spiro atoms. The van der Waals surface area contributed by atoms with Crippen molar-refractivity contribution in [1.82, 2.24) is 15.5 Å². The molecule has 0 saturated carbocycles. The van der Waals surface area contributed by atoms with Crippen LogP contribution in [0.3, 0.4) is 0 Å². The molecule has 1 aliphatic rings. The number of likely N-dealkylation sites (N-methyl/N-ethyl adjacent to an activating group) is 1. The normalized spacial score (nSPS) is 14.2. The fourth-order valence-electron chi connectivity index (χ4n) is 2.10. The van der Waals surface area contributed by atoms with E-state index in [9.17, 15) is 4.79 Å². The molecule has 1 amide bonds. The quantitative estimate of drug-likeness (QED) is 0.841. The Bertz CT molecular complexity index is 458. The van der Waals surface area contributed by atoms with E-state index in [2.05, 4.69) is 15.6 Å². The zero-order chi connectivity index (χ0) is 14.2. The van der Waals surface area contributed by atoms with Gasteiger partial charge in [0.15, 0.2) is 5.96 Å². The Labute approximate surface area is 120 Å². The molecule has 0 atom stereocenters. The summed E-state index contributed by atoms with van der Waals surface area (Å²) in [5.74, 6) is 0.826. The number of nitrogens with one attached hydrogen (secondary N) is 2. The molecule has 1 heterocycles. The summed E-state index contributed by atoms with van der Waals surface area (Å²) in [5, 5.41) is 6.22. The van der Waals surface area contributed by atoms with E-state index in [0.29, 0.717) is 13.1 Å². The molecule has 0 fully saturated rings. The summed E-state index contributed by atoms with van der Waals surface area (Å²) >= 11 is 0. The maximum absolute atomic E-state index is 12.2. The van der Waals surface area contributed by atoms with Crippen LogP contribution >= 0.6 is 0 Å². The molecule has 1 aromatic rings. The largest absolute Gasteiger partial charge is 0.356 e. The van der Waals surface area contributed by atoms with Crippen LogP contribution in [0, 0.1) is 0 Å². The Balaban J connectivity index is 1.84. The van der Waals surface area contributed by atoms with Crippen molar-refractivity contribution in [2.24, 2.45) is 4.99 Å². The van der Waals surface area contributed by atoms with Crippen LogP contribution in [0.5, 0.6) is 0 Å². The lowest BCUT2D eigenvalue weighted by molar-refractivity contribution is -0.130. The zero-order valence-corrected chi connectivity index (χ0v) is 11.9. The van der Waals surface area contributed by atoms with Crippen molar-refractivity contribution in [3.05, 3.63) is 35.9 Å². The van der Waals surface area contributed by atoms with Gasteiger partial charge in [-0.25, -0.2) is 0 Å². The van der Waals surface area contributed by atoms with Gasteiger partial charge < -0.3 is 15.5 Å². The van der Waals surface area contributed by atoms with Crippen LogP contribution in [0.15, 0.2) is 35.3 Å². The molecule has 1 aromatic carbocycles. The van der Waals surface area contributed by atoms with Gasteiger partial charge in [0.25, 0.3) is 0 Å². The molecule has 0 aliphatic carbocycles. The van der Waals surface area contributed by atoms with Crippen LogP contribution in [0.4, 0.5) is 0 Å².